The predicted octanol–water partition coefficient (Wildman–Crippen LogP) is 1.38. The fraction of sp³-hybridized carbons (Fsp3) is 0.529. The molecular weight excluding hydrogens is 304 g/mol. The number of hydrogen-bond acceptors (Lipinski definition) is 5. The Labute approximate surface area is 141 Å². The SMILES string of the molecule is Cc1cc(C(=O)NC[C@H]2CCN(Cc3cc(C)[nH]n3)C2)nc(C)n1. The Bertz CT molecular complexity index is 705. The van der Waals surface area contributed by atoms with Crippen LogP contribution in [0, 0.1) is 26.7 Å². The van der Waals surface area contributed by atoms with Gasteiger partial charge in [-0.1, -0.05) is 0 Å². The van der Waals surface area contributed by atoms with Crippen molar-refractivity contribution in [3.05, 3.63) is 40.7 Å². The van der Waals surface area contributed by atoms with E-state index in [4.69, 9.17) is 0 Å². The first-order chi connectivity index (χ1) is 11.5. The van der Waals surface area contributed by atoms with Gasteiger partial charge in [-0.15, -0.1) is 0 Å². The summed E-state index contributed by atoms with van der Waals surface area (Å²) in [4.78, 5) is 23.0. The van der Waals surface area contributed by atoms with Gasteiger partial charge in [0, 0.05) is 31.0 Å². The number of rotatable bonds is 5. The Kier molecular flexibility index (Phi) is 4.89. The van der Waals surface area contributed by atoms with Crippen LogP contribution in [0.25, 0.3) is 0 Å². The largest absolute Gasteiger partial charge is 0.350 e. The Hall–Kier alpha value is -2.28. The van der Waals surface area contributed by atoms with Gasteiger partial charge < -0.3 is 5.32 Å². The Morgan fingerprint density at radius 2 is 2.17 bits per heavy atom. The molecule has 1 amide bonds. The first kappa shape index (κ1) is 16.6. The lowest BCUT2D eigenvalue weighted by Gasteiger charge is -2.15. The highest BCUT2D eigenvalue weighted by Crippen LogP contribution is 2.17. The van der Waals surface area contributed by atoms with Crippen LogP contribution in [0.3, 0.4) is 0 Å². The molecule has 2 aromatic rings. The zero-order valence-electron chi connectivity index (χ0n) is 14.5. The van der Waals surface area contributed by atoms with Crippen molar-refractivity contribution in [1.29, 1.82) is 0 Å². The Morgan fingerprint density at radius 3 is 2.88 bits per heavy atom. The molecule has 0 bridgehead atoms. The molecule has 0 aliphatic carbocycles. The van der Waals surface area contributed by atoms with E-state index in [0.717, 1.165) is 43.1 Å². The summed E-state index contributed by atoms with van der Waals surface area (Å²) < 4.78 is 0. The third-order valence-corrected chi connectivity index (χ3v) is 4.26. The van der Waals surface area contributed by atoms with Crippen molar-refractivity contribution >= 4 is 5.91 Å². The first-order valence-corrected chi connectivity index (χ1v) is 8.33. The molecular formula is C17H24N6O. The summed E-state index contributed by atoms with van der Waals surface area (Å²) in [5.74, 6) is 0.976. The van der Waals surface area contributed by atoms with E-state index in [-0.39, 0.29) is 5.91 Å². The van der Waals surface area contributed by atoms with Crippen molar-refractivity contribution in [2.24, 2.45) is 5.92 Å². The predicted molar refractivity (Wildman–Crippen MR) is 90.5 cm³/mol. The van der Waals surface area contributed by atoms with Gasteiger partial charge in [-0.2, -0.15) is 5.10 Å². The van der Waals surface area contributed by atoms with E-state index in [1.807, 2.05) is 13.8 Å². The smallest absolute Gasteiger partial charge is 0.270 e. The topological polar surface area (TPSA) is 86.8 Å². The van der Waals surface area contributed by atoms with Crippen LogP contribution in [0.4, 0.5) is 0 Å². The van der Waals surface area contributed by atoms with Gasteiger partial charge in [0.1, 0.15) is 11.5 Å². The van der Waals surface area contributed by atoms with Gasteiger partial charge in [-0.3, -0.25) is 14.8 Å². The Balaban J connectivity index is 1.48. The minimum Gasteiger partial charge on any atom is -0.350 e. The van der Waals surface area contributed by atoms with E-state index in [1.54, 1.807) is 13.0 Å². The number of nitrogens with one attached hydrogen (secondary N) is 2. The summed E-state index contributed by atoms with van der Waals surface area (Å²) in [6, 6.07) is 3.80. The van der Waals surface area contributed by atoms with Crippen molar-refractivity contribution in [1.82, 2.24) is 30.4 Å². The molecule has 2 N–H and O–H groups in total. The number of H-pyrrole nitrogens is 1. The maximum absolute atomic E-state index is 12.3. The minimum absolute atomic E-state index is 0.120. The van der Waals surface area contributed by atoms with Crippen molar-refractivity contribution in [2.45, 2.75) is 33.7 Å². The second-order valence-corrected chi connectivity index (χ2v) is 6.58. The van der Waals surface area contributed by atoms with Crippen LogP contribution in [0.5, 0.6) is 0 Å². The van der Waals surface area contributed by atoms with E-state index < -0.39 is 0 Å². The second-order valence-electron chi connectivity index (χ2n) is 6.58. The number of aromatic amines is 1. The molecule has 7 nitrogen and oxygen atoms in total. The maximum atomic E-state index is 12.3. The highest BCUT2D eigenvalue weighted by molar-refractivity contribution is 5.92. The number of likely N-dealkylation sites (tertiary alicyclic amines) is 1. The molecule has 1 aliphatic heterocycles. The van der Waals surface area contributed by atoms with Crippen molar-refractivity contribution in [2.75, 3.05) is 19.6 Å². The van der Waals surface area contributed by atoms with Gasteiger partial charge in [0.05, 0.1) is 5.69 Å². The van der Waals surface area contributed by atoms with Crippen molar-refractivity contribution < 1.29 is 4.79 Å². The van der Waals surface area contributed by atoms with Crippen molar-refractivity contribution in [3.8, 4) is 0 Å². The number of aromatic nitrogens is 4. The van der Waals surface area contributed by atoms with E-state index in [1.165, 1.54) is 0 Å². The number of carbonyl (C=O) groups excluding carboxylic acids is 1. The lowest BCUT2D eigenvalue weighted by molar-refractivity contribution is 0.0941. The highest BCUT2D eigenvalue weighted by atomic mass is 16.1. The average Bonchev–Trinajstić information content (AvgIpc) is 3.13. The molecule has 1 aliphatic rings. The summed E-state index contributed by atoms with van der Waals surface area (Å²) in [5, 5.41) is 10.3. The van der Waals surface area contributed by atoms with Gasteiger partial charge in [0.25, 0.3) is 5.91 Å². The molecule has 0 aromatic carbocycles. The molecule has 0 saturated carbocycles. The fourth-order valence-corrected chi connectivity index (χ4v) is 3.17. The third-order valence-electron chi connectivity index (χ3n) is 4.26. The summed E-state index contributed by atoms with van der Waals surface area (Å²) in [6.45, 7) is 9.24. The van der Waals surface area contributed by atoms with Crippen LogP contribution in [0.1, 0.15) is 39.8 Å². The molecule has 24 heavy (non-hydrogen) atoms. The summed E-state index contributed by atoms with van der Waals surface area (Å²) >= 11 is 0. The van der Waals surface area contributed by atoms with Gasteiger partial charge in [0.2, 0.25) is 0 Å². The minimum atomic E-state index is -0.120. The van der Waals surface area contributed by atoms with E-state index >= 15 is 0 Å². The molecule has 3 heterocycles. The standard InChI is InChI=1S/C17H24N6O/c1-11-7-16(20-13(3)19-11)17(24)18-8-14-4-5-23(9-14)10-15-6-12(2)21-22-15/h6-7,14H,4-5,8-10H2,1-3H3,(H,18,24)(H,21,22)/t14-/m1/s1. The second kappa shape index (κ2) is 7.09. The normalized spacial score (nSPS) is 18.0. The number of hydrogen-bond donors (Lipinski definition) is 2. The summed E-state index contributed by atoms with van der Waals surface area (Å²) in [7, 11) is 0. The van der Waals surface area contributed by atoms with E-state index in [0.29, 0.717) is 24.0 Å². The first-order valence-electron chi connectivity index (χ1n) is 8.33. The molecule has 0 unspecified atom stereocenters. The maximum Gasteiger partial charge on any atom is 0.270 e. The van der Waals surface area contributed by atoms with E-state index in [9.17, 15) is 4.79 Å². The molecule has 0 spiro atoms. The Morgan fingerprint density at radius 1 is 1.33 bits per heavy atom. The number of aryl methyl sites for hydroxylation is 3. The molecule has 1 fully saturated rings. The van der Waals surface area contributed by atoms with Crippen molar-refractivity contribution in [3.63, 3.8) is 0 Å². The average molecular weight is 328 g/mol. The fourth-order valence-electron chi connectivity index (χ4n) is 3.17. The number of carbonyl (C=O) groups is 1. The summed E-state index contributed by atoms with van der Waals surface area (Å²) in [5.41, 5.74) is 3.42. The van der Waals surface area contributed by atoms with Crippen LogP contribution >= 0.6 is 0 Å². The molecule has 1 atom stereocenters. The van der Waals surface area contributed by atoms with Gasteiger partial charge in [-0.05, 0) is 51.8 Å². The monoisotopic (exact) mass is 328 g/mol. The van der Waals surface area contributed by atoms with Crippen LogP contribution in [-0.2, 0) is 6.54 Å². The van der Waals surface area contributed by atoms with Crippen LogP contribution < -0.4 is 5.32 Å². The van der Waals surface area contributed by atoms with Gasteiger partial charge >= 0.3 is 0 Å². The molecule has 7 heteroatoms. The van der Waals surface area contributed by atoms with Crippen LogP contribution in [0.2, 0.25) is 0 Å². The van der Waals surface area contributed by atoms with Crippen LogP contribution in [0.15, 0.2) is 12.1 Å². The molecule has 1 saturated heterocycles. The molecule has 3 rings (SSSR count). The van der Waals surface area contributed by atoms with Gasteiger partial charge in [-0.25, -0.2) is 9.97 Å². The summed E-state index contributed by atoms with van der Waals surface area (Å²) in [6.07, 6.45) is 1.09. The number of amides is 1. The molecule has 2 aromatic heterocycles. The molecule has 128 valence electrons. The number of nitrogens with zero attached hydrogens (tertiary/aromatic N) is 4. The van der Waals surface area contributed by atoms with E-state index in [2.05, 4.69) is 36.4 Å². The van der Waals surface area contributed by atoms with Gasteiger partial charge in [0.15, 0.2) is 0 Å². The van der Waals surface area contributed by atoms with Crippen LogP contribution in [-0.4, -0.2) is 50.6 Å². The molecule has 0 radical (unpaired) electrons. The third kappa shape index (κ3) is 4.17. The zero-order valence-corrected chi connectivity index (χ0v) is 14.5. The lowest BCUT2D eigenvalue weighted by atomic mass is 10.1. The highest BCUT2D eigenvalue weighted by Gasteiger charge is 2.23. The quantitative estimate of drug-likeness (QED) is 0.866. The zero-order chi connectivity index (χ0) is 17.1. The lowest BCUT2D eigenvalue weighted by Crippen LogP contribution is -2.31.